The molecule has 0 aromatic heterocycles. The second kappa shape index (κ2) is 7.14. The molecule has 112 valence electrons. The van der Waals surface area contributed by atoms with Crippen molar-refractivity contribution < 1.29 is 8.78 Å². The lowest BCUT2D eigenvalue weighted by molar-refractivity contribution is 0.150. The zero-order valence-electron chi connectivity index (χ0n) is 12.1. The van der Waals surface area contributed by atoms with Gasteiger partial charge in [-0.2, -0.15) is 0 Å². The molecule has 1 heterocycles. The first-order valence-corrected chi connectivity index (χ1v) is 7.49. The number of hydrogen-bond acceptors (Lipinski definition) is 2. The Morgan fingerprint density at radius 1 is 1.25 bits per heavy atom. The van der Waals surface area contributed by atoms with Crippen LogP contribution in [0.2, 0.25) is 0 Å². The fraction of sp³-hybridized carbons (Fsp3) is 0.625. The SMILES string of the molecule is CCN1CCCCC(CN)C1c1ccc(C(F)F)cc1. The zero-order valence-corrected chi connectivity index (χ0v) is 12.1. The van der Waals surface area contributed by atoms with Gasteiger partial charge >= 0.3 is 0 Å². The molecular formula is C16H24F2N2. The van der Waals surface area contributed by atoms with E-state index in [4.69, 9.17) is 5.73 Å². The van der Waals surface area contributed by atoms with Crippen molar-refractivity contribution >= 4 is 0 Å². The van der Waals surface area contributed by atoms with E-state index in [-0.39, 0.29) is 11.6 Å². The molecule has 0 saturated carbocycles. The van der Waals surface area contributed by atoms with Crippen LogP contribution in [0.15, 0.2) is 24.3 Å². The molecule has 0 amide bonds. The molecule has 2 unspecified atom stereocenters. The summed E-state index contributed by atoms with van der Waals surface area (Å²) in [5, 5.41) is 0. The van der Waals surface area contributed by atoms with Crippen LogP contribution in [0.25, 0.3) is 0 Å². The normalized spacial score (nSPS) is 24.9. The quantitative estimate of drug-likeness (QED) is 0.911. The van der Waals surface area contributed by atoms with Gasteiger partial charge in [0.25, 0.3) is 6.43 Å². The summed E-state index contributed by atoms with van der Waals surface area (Å²) in [6.45, 7) is 4.84. The largest absolute Gasteiger partial charge is 0.330 e. The highest BCUT2D eigenvalue weighted by Gasteiger charge is 2.29. The van der Waals surface area contributed by atoms with E-state index in [1.54, 1.807) is 12.1 Å². The highest BCUT2D eigenvalue weighted by molar-refractivity contribution is 5.26. The third kappa shape index (κ3) is 3.36. The lowest BCUT2D eigenvalue weighted by Gasteiger charge is -2.34. The Labute approximate surface area is 120 Å². The number of likely N-dealkylation sites (tertiary alicyclic amines) is 1. The van der Waals surface area contributed by atoms with Gasteiger partial charge in [-0.05, 0) is 44.0 Å². The number of nitrogens with two attached hydrogens (primary N) is 1. The summed E-state index contributed by atoms with van der Waals surface area (Å²) in [4.78, 5) is 2.43. The van der Waals surface area contributed by atoms with Crippen LogP contribution in [0, 0.1) is 5.92 Å². The molecule has 1 aliphatic heterocycles. The van der Waals surface area contributed by atoms with E-state index in [0.717, 1.165) is 25.1 Å². The van der Waals surface area contributed by atoms with Crippen LogP contribution in [-0.2, 0) is 0 Å². The number of rotatable bonds is 4. The van der Waals surface area contributed by atoms with Crippen molar-refractivity contribution in [3.63, 3.8) is 0 Å². The summed E-state index contributed by atoms with van der Waals surface area (Å²) in [6, 6.07) is 7.06. The van der Waals surface area contributed by atoms with Crippen molar-refractivity contribution in [2.24, 2.45) is 11.7 Å². The van der Waals surface area contributed by atoms with Crippen molar-refractivity contribution in [3.05, 3.63) is 35.4 Å². The monoisotopic (exact) mass is 282 g/mol. The second-order valence-electron chi connectivity index (χ2n) is 5.53. The van der Waals surface area contributed by atoms with E-state index in [1.807, 2.05) is 12.1 Å². The van der Waals surface area contributed by atoms with Crippen LogP contribution in [0.1, 0.15) is 49.8 Å². The van der Waals surface area contributed by atoms with Gasteiger partial charge in [-0.3, -0.25) is 4.90 Å². The molecule has 0 aliphatic carbocycles. The van der Waals surface area contributed by atoms with Gasteiger partial charge in [0.05, 0.1) is 0 Å². The molecule has 1 aromatic rings. The minimum atomic E-state index is -2.40. The molecule has 0 bridgehead atoms. The van der Waals surface area contributed by atoms with E-state index < -0.39 is 6.43 Å². The van der Waals surface area contributed by atoms with E-state index in [2.05, 4.69) is 11.8 Å². The lowest BCUT2D eigenvalue weighted by Crippen LogP contribution is -2.35. The van der Waals surface area contributed by atoms with Crippen molar-refractivity contribution in [3.8, 4) is 0 Å². The van der Waals surface area contributed by atoms with Gasteiger partial charge in [0, 0.05) is 11.6 Å². The Kier molecular flexibility index (Phi) is 5.49. The lowest BCUT2D eigenvalue weighted by atomic mass is 9.89. The Balaban J connectivity index is 2.28. The third-order valence-corrected chi connectivity index (χ3v) is 4.35. The smallest absolute Gasteiger partial charge is 0.263 e. The van der Waals surface area contributed by atoms with Crippen LogP contribution >= 0.6 is 0 Å². The molecule has 0 spiro atoms. The van der Waals surface area contributed by atoms with Crippen LogP contribution in [0.4, 0.5) is 8.78 Å². The van der Waals surface area contributed by atoms with E-state index in [0.29, 0.717) is 12.5 Å². The van der Waals surface area contributed by atoms with Gasteiger partial charge in [0.15, 0.2) is 0 Å². The standard InChI is InChI=1S/C16H24F2N2/c1-2-20-10-4-3-5-14(11-19)15(20)12-6-8-13(9-7-12)16(17)18/h6-9,14-16H,2-5,10-11,19H2,1H3. The maximum absolute atomic E-state index is 12.7. The molecule has 20 heavy (non-hydrogen) atoms. The first-order valence-electron chi connectivity index (χ1n) is 7.49. The molecule has 1 aliphatic rings. The van der Waals surface area contributed by atoms with Gasteiger partial charge < -0.3 is 5.73 Å². The van der Waals surface area contributed by atoms with E-state index >= 15 is 0 Å². The van der Waals surface area contributed by atoms with Crippen molar-refractivity contribution in [1.82, 2.24) is 4.90 Å². The average molecular weight is 282 g/mol. The third-order valence-electron chi connectivity index (χ3n) is 4.35. The number of halogens is 2. The summed E-state index contributed by atoms with van der Waals surface area (Å²) >= 11 is 0. The molecule has 1 fully saturated rings. The molecule has 4 heteroatoms. The Hall–Kier alpha value is -1.00. The van der Waals surface area contributed by atoms with Gasteiger partial charge in [0.1, 0.15) is 0 Å². The highest BCUT2D eigenvalue weighted by Crippen LogP contribution is 2.35. The topological polar surface area (TPSA) is 29.3 Å². The van der Waals surface area contributed by atoms with Gasteiger partial charge in [0.2, 0.25) is 0 Å². The molecule has 2 N–H and O–H groups in total. The summed E-state index contributed by atoms with van der Waals surface area (Å²) in [6.07, 6.45) is 1.11. The van der Waals surface area contributed by atoms with Gasteiger partial charge in [-0.15, -0.1) is 0 Å². The van der Waals surface area contributed by atoms with Crippen molar-refractivity contribution in [2.75, 3.05) is 19.6 Å². The van der Waals surface area contributed by atoms with Crippen LogP contribution in [-0.4, -0.2) is 24.5 Å². The highest BCUT2D eigenvalue weighted by atomic mass is 19.3. The van der Waals surface area contributed by atoms with Gasteiger partial charge in [-0.1, -0.05) is 37.6 Å². The number of alkyl halides is 2. The zero-order chi connectivity index (χ0) is 14.5. The summed E-state index contributed by atoms with van der Waals surface area (Å²) in [5.74, 6) is 0.412. The van der Waals surface area contributed by atoms with Gasteiger partial charge in [-0.25, -0.2) is 8.78 Å². The van der Waals surface area contributed by atoms with E-state index in [9.17, 15) is 8.78 Å². The van der Waals surface area contributed by atoms with E-state index in [1.165, 1.54) is 12.8 Å². The predicted molar refractivity (Wildman–Crippen MR) is 77.8 cm³/mol. The fourth-order valence-corrected chi connectivity index (χ4v) is 3.24. The fourth-order valence-electron chi connectivity index (χ4n) is 3.24. The number of hydrogen-bond donors (Lipinski definition) is 1. The van der Waals surface area contributed by atoms with Crippen molar-refractivity contribution in [2.45, 2.75) is 38.7 Å². The maximum atomic E-state index is 12.7. The second-order valence-corrected chi connectivity index (χ2v) is 5.53. The summed E-state index contributed by atoms with van der Waals surface area (Å²) in [5.41, 5.74) is 7.16. The minimum Gasteiger partial charge on any atom is -0.330 e. The Morgan fingerprint density at radius 2 is 1.95 bits per heavy atom. The molecule has 1 aromatic carbocycles. The predicted octanol–water partition coefficient (Wildman–Crippen LogP) is 3.75. The molecular weight excluding hydrogens is 258 g/mol. The van der Waals surface area contributed by atoms with Crippen molar-refractivity contribution in [1.29, 1.82) is 0 Å². The number of benzene rings is 1. The Morgan fingerprint density at radius 3 is 2.50 bits per heavy atom. The maximum Gasteiger partial charge on any atom is 0.263 e. The number of nitrogens with zero attached hydrogens (tertiary/aromatic N) is 1. The summed E-state index contributed by atoms with van der Waals surface area (Å²) in [7, 11) is 0. The minimum absolute atomic E-state index is 0.0923. The molecule has 2 nitrogen and oxygen atoms in total. The van der Waals surface area contributed by atoms with Crippen LogP contribution in [0.5, 0.6) is 0 Å². The van der Waals surface area contributed by atoms with Crippen LogP contribution in [0.3, 0.4) is 0 Å². The Bertz CT molecular complexity index is 391. The summed E-state index contributed by atoms with van der Waals surface area (Å²) < 4.78 is 25.3. The first kappa shape index (κ1) is 15.4. The van der Waals surface area contributed by atoms with Crippen LogP contribution < -0.4 is 5.73 Å². The molecule has 0 radical (unpaired) electrons. The first-order chi connectivity index (χ1) is 9.67. The molecule has 1 saturated heterocycles. The molecule has 2 atom stereocenters. The molecule has 2 rings (SSSR count). The average Bonchev–Trinajstić information content (AvgIpc) is 2.68.